The molecular weight excluding hydrogens is 167 g/mol. The third-order valence-corrected chi connectivity index (χ3v) is 2.44. The molecular formula is C10H21OP. The van der Waals surface area contributed by atoms with Crippen LogP contribution in [0.2, 0.25) is 0 Å². The lowest BCUT2D eigenvalue weighted by Crippen LogP contribution is -1.95. The molecule has 0 bridgehead atoms. The fourth-order valence-corrected chi connectivity index (χ4v) is 1.56. The van der Waals surface area contributed by atoms with Gasteiger partial charge in [-0.05, 0) is 24.9 Å². The van der Waals surface area contributed by atoms with Crippen LogP contribution in [0.15, 0.2) is 11.6 Å². The zero-order valence-corrected chi connectivity index (χ0v) is 9.43. The Labute approximate surface area is 78.1 Å². The second-order valence-electron chi connectivity index (χ2n) is 3.38. The fraction of sp³-hybridized carbons (Fsp3) is 0.800. The van der Waals surface area contributed by atoms with E-state index < -0.39 is 0 Å². The van der Waals surface area contributed by atoms with E-state index in [-0.39, 0.29) is 8.81 Å². The van der Waals surface area contributed by atoms with E-state index in [0.29, 0.717) is 5.92 Å². The third kappa shape index (κ3) is 5.74. The molecule has 0 amide bonds. The van der Waals surface area contributed by atoms with Crippen molar-refractivity contribution in [2.45, 2.75) is 40.0 Å². The molecule has 0 heterocycles. The van der Waals surface area contributed by atoms with Crippen LogP contribution in [0.5, 0.6) is 0 Å². The molecule has 1 N–H and O–H groups in total. The molecule has 0 aliphatic heterocycles. The van der Waals surface area contributed by atoms with E-state index in [1.165, 1.54) is 18.4 Å². The van der Waals surface area contributed by atoms with E-state index in [2.05, 4.69) is 26.8 Å². The van der Waals surface area contributed by atoms with Crippen LogP contribution in [0.1, 0.15) is 40.0 Å². The smallest absolute Gasteiger partial charge is 0.0110 e. The third-order valence-electron chi connectivity index (χ3n) is 1.96. The van der Waals surface area contributed by atoms with E-state index >= 15 is 0 Å². The summed E-state index contributed by atoms with van der Waals surface area (Å²) in [5.74, 6) is 0.646. The van der Waals surface area contributed by atoms with Crippen LogP contribution in [0, 0.1) is 5.92 Å². The van der Waals surface area contributed by atoms with Gasteiger partial charge in [-0.15, -0.1) is 0 Å². The van der Waals surface area contributed by atoms with Crippen LogP contribution in [-0.2, 0) is 0 Å². The summed E-state index contributed by atoms with van der Waals surface area (Å²) in [5, 5.41) is 0. The summed E-state index contributed by atoms with van der Waals surface area (Å²) in [7, 11) is 0.108. The van der Waals surface area contributed by atoms with Crippen molar-refractivity contribution >= 4 is 8.81 Å². The van der Waals surface area contributed by atoms with Gasteiger partial charge < -0.3 is 4.89 Å². The Morgan fingerprint density at radius 2 is 2.17 bits per heavy atom. The monoisotopic (exact) mass is 188 g/mol. The van der Waals surface area contributed by atoms with Gasteiger partial charge in [0.2, 0.25) is 0 Å². The maximum atomic E-state index is 8.72. The number of hydrogen-bond acceptors (Lipinski definition) is 1. The second-order valence-corrected chi connectivity index (χ2v) is 4.20. The van der Waals surface area contributed by atoms with Gasteiger partial charge in [0.05, 0.1) is 0 Å². The number of hydrogen-bond donors (Lipinski definition) is 1. The first-order valence-electron chi connectivity index (χ1n) is 4.78. The van der Waals surface area contributed by atoms with E-state index in [1.807, 2.05) is 0 Å². The number of unbranched alkanes of at least 4 members (excludes halogenated alkanes) is 1. The molecule has 12 heavy (non-hydrogen) atoms. The van der Waals surface area contributed by atoms with Crippen LogP contribution in [-0.4, -0.2) is 11.1 Å². The first-order valence-corrected chi connectivity index (χ1v) is 5.93. The summed E-state index contributed by atoms with van der Waals surface area (Å²) in [5.41, 5.74) is 1.51. The molecule has 0 aromatic heterocycles. The molecule has 0 saturated carbocycles. The van der Waals surface area contributed by atoms with Crippen molar-refractivity contribution in [3.63, 3.8) is 0 Å². The van der Waals surface area contributed by atoms with Gasteiger partial charge in [0.1, 0.15) is 0 Å². The van der Waals surface area contributed by atoms with Crippen molar-refractivity contribution in [2.24, 2.45) is 5.92 Å². The maximum Gasteiger partial charge on any atom is 0.0110 e. The predicted octanol–water partition coefficient (Wildman–Crippen LogP) is 3.34. The van der Waals surface area contributed by atoms with Gasteiger partial charge in [0.15, 0.2) is 0 Å². The fourth-order valence-electron chi connectivity index (χ4n) is 1.16. The number of rotatable bonds is 6. The van der Waals surface area contributed by atoms with Crippen LogP contribution < -0.4 is 0 Å². The summed E-state index contributed by atoms with van der Waals surface area (Å²) in [4.78, 5) is 8.72. The maximum absolute atomic E-state index is 8.72. The highest BCUT2D eigenvalue weighted by atomic mass is 31.1. The van der Waals surface area contributed by atoms with E-state index in [0.717, 1.165) is 12.6 Å². The first kappa shape index (κ1) is 12.1. The van der Waals surface area contributed by atoms with E-state index in [9.17, 15) is 0 Å². The van der Waals surface area contributed by atoms with Crippen LogP contribution in [0.3, 0.4) is 0 Å². The summed E-state index contributed by atoms with van der Waals surface area (Å²) >= 11 is 0. The Kier molecular flexibility index (Phi) is 7.85. The Balaban J connectivity index is 3.85. The molecule has 0 spiro atoms. The Bertz CT molecular complexity index is 130. The van der Waals surface area contributed by atoms with E-state index in [1.54, 1.807) is 0 Å². The minimum atomic E-state index is 0.108. The SMILES string of the molecule is CCC/C=C(\CCPO)C(C)C. The van der Waals surface area contributed by atoms with Crippen molar-refractivity contribution in [3.8, 4) is 0 Å². The van der Waals surface area contributed by atoms with Gasteiger partial charge >= 0.3 is 0 Å². The highest BCUT2D eigenvalue weighted by molar-refractivity contribution is 7.31. The highest BCUT2D eigenvalue weighted by Crippen LogP contribution is 2.18. The summed E-state index contributed by atoms with van der Waals surface area (Å²) < 4.78 is 0. The van der Waals surface area contributed by atoms with Crippen molar-refractivity contribution in [1.29, 1.82) is 0 Å². The molecule has 0 aliphatic carbocycles. The van der Waals surface area contributed by atoms with Gasteiger partial charge in [-0.1, -0.05) is 38.8 Å². The van der Waals surface area contributed by atoms with E-state index in [4.69, 9.17) is 4.89 Å². The lowest BCUT2D eigenvalue weighted by atomic mass is 9.99. The molecule has 0 radical (unpaired) electrons. The average molecular weight is 188 g/mol. The molecule has 72 valence electrons. The lowest BCUT2D eigenvalue weighted by Gasteiger charge is -2.10. The molecule has 1 atom stereocenters. The highest BCUT2D eigenvalue weighted by Gasteiger charge is 2.01. The standard InChI is InChI=1S/C10H21OP/c1-4-5-6-10(9(2)3)7-8-12-11/h6,9,11-12H,4-5,7-8H2,1-3H3/b10-6+. The van der Waals surface area contributed by atoms with Gasteiger partial charge in [-0.25, -0.2) is 0 Å². The van der Waals surface area contributed by atoms with Gasteiger partial charge in [-0.2, -0.15) is 0 Å². The van der Waals surface area contributed by atoms with Crippen molar-refractivity contribution in [2.75, 3.05) is 6.16 Å². The molecule has 0 aromatic rings. The predicted molar refractivity (Wildman–Crippen MR) is 57.8 cm³/mol. The van der Waals surface area contributed by atoms with Gasteiger partial charge in [0, 0.05) is 8.81 Å². The molecule has 0 rings (SSSR count). The zero-order valence-electron chi connectivity index (χ0n) is 8.43. The topological polar surface area (TPSA) is 20.2 Å². The summed E-state index contributed by atoms with van der Waals surface area (Å²) in [6.45, 7) is 6.65. The minimum Gasteiger partial charge on any atom is -0.377 e. The Morgan fingerprint density at radius 1 is 1.50 bits per heavy atom. The Morgan fingerprint density at radius 3 is 2.58 bits per heavy atom. The zero-order chi connectivity index (χ0) is 9.40. The van der Waals surface area contributed by atoms with Crippen LogP contribution in [0.25, 0.3) is 0 Å². The molecule has 2 heteroatoms. The van der Waals surface area contributed by atoms with Crippen LogP contribution in [0.4, 0.5) is 0 Å². The second kappa shape index (κ2) is 7.76. The molecule has 0 fully saturated rings. The molecule has 1 unspecified atom stereocenters. The summed E-state index contributed by atoms with van der Waals surface area (Å²) in [6, 6.07) is 0. The molecule has 0 aromatic carbocycles. The molecule has 0 saturated heterocycles. The molecule has 0 aliphatic rings. The lowest BCUT2D eigenvalue weighted by molar-refractivity contribution is 0.640. The largest absolute Gasteiger partial charge is 0.377 e. The van der Waals surface area contributed by atoms with Crippen LogP contribution >= 0.6 is 8.81 Å². The van der Waals surface area contributed by atoms with Crippen molar-refractivity contribution in [3.05, 3.63) is 11.6 Å². The number of allylic oxidation sites excluding steroid dienone is 2. The normalized spacial score (nSPS) is 13.6. The quantitative estimate of drug-likeness (QED) is 0.500. The van der Waals surface area contributed by atoms with Crippen molar-refractivity contribution < 1.29 is 4.89 Å². The first-order chi connectivity index (χ1) is 5.72. The Hall–Kier alpha value is 0.130. The van der Waals surface area contributed by atoms with Gasteiger partial charge in [0.25, 0.3) is 0 Å². The summed E-state index contributed by atoms with van der Waals surface area (Å²) in [6.07, 6.45) is 6.75. The van der Waals surface area contributed by atoms with Crippen molar-refractivity contribution in [1.82, 2.24) is 0 Å². The average Bonchev–Trinajstić information content (AvgIpc) is 2.04. The minimum absolute atomic E-state index is 0.108. The van der Waals surface area contributed by atoms with Gasteiger partial charge in [-0.3, -0.25) is 0 Å². The molecule has 1 nitrogen and oxygen atoms in total.